The molecule has 5 nitrogen and oxygen atoms in total. The lowest BCUT2D eigenvalue weighted by atomic mass is 10.2. The molecule has 114 valence electrons. The van der Waals surface area contributed by atoms with Crippen molar-refractivity contribution in [3.63, 3.8) is 0 Å². The van der Waals surface area contributed by atoms with E-state index in [0.717, 1.165) is 10.5 Å². The molecule has 2 aromatic carbocycles. The number of nitrogens with one attached hydrogen (secondary N) is 2. The van der Waals surface area contributed by atoms with Crippen LogP contribution >= 0.6 is 11.8 Å². The van der Waals surface area contributed by atoms with Crippen LogP contribution in [-0.2, 0) is 14.8 Å². The lowest BCUT2D eigenvalue weighted by molar-refractivity contribution is -0.113. The van der Waals surface area contributed by atoms with Crippen LogP contribution in [0.15, 0.2) is 52.3 Å². The first-order chi connectivity index (χ1) is 10.5. The summed E-state index contributed by atoms with van der Waals surface area (Å²) in [6.07, 6.45) is 0. The van der Waals surface area contributed by atoms with E-state index in [2.05, 4.69) is 10.0 Å². The SMILES string of the molecule is Cc1ccccc1NS(=O)(=O)c1ccc2c(c1)NC(=O)CS2. The largest absolute Gasteiger partial charge is 0.324 e. The third kappa shape index (κ3) is 2.95. The van der Waals surface area contributed by atoms with Crippen LogP contribution in [0.4, 0.5) is 11.4 Å². The van der Waals surface area contributed by atoms with E-state index in [9.17, 15) is 13.2 Å². The molecule has 0 atom stereocenters. The second kappa shape index (κ2) is 5.66. The maximum absolute atomic E-state index is 12.5. The first-order valence-corrected chi connectivity index (χ1v) is 9.08. The zero-order valence-electron chi connectivity index (χ0n) is 11.8. The first kappa shape index (κ1) is 14.9. The molecule has 1 aliphatic rings. The van der Waals surface area contributed by atoms with E-state index in [-0.39, 0.29) is 10.8 Å². The van der Waals surface area contributed by atoms with Gasteiger partial charge in [0, 0.05) is 4.90 Å². The molecule has 7 heteroatoms. The molecule has 1 heterocycles. The molecular formula is C15H14N2O3S2. The van der Waals surface area contributed by atoms with E-state index in [0.29, 0.717) is 17.1 Å². The van der Waals surface area contributed by atoms with Crippen LogP contribution in [0.5, 0.6) is 0 Å². The number of benzene rings is 2. The molecule has 1 amide bonds. The molecule has 3 rings (SSSR count). The summed E-state index contributed by atoms with van der Waals surface area (Å²) < 4.78 is 27.6. The van der Waals surface area contributed by atoms with Crippen molar-refractivity contribution in [2.45, 2.75) is 16.7 Å². The molecule has 0 saturated carbocycles. The van der Waals surface area contributed by atoms with Crippen LogP contribution in [0, 0.1) is 6.92 Å². The summed E-state index contributed by atoms with van der Waals surface area (Å²) in [5.74, 6) is 0.222. The number of hydrogen-bond donors (Lipinski definition) is 2. The van der Waals surface area contributed by atoms with Gasteiger partial charge in [0.25, 0.3) is 10.0 Å². The number of rotatable bonds is 3. The van der Waals surface area contributed by atoms with Crippen molar-refractivity contribution in [3.8, 4) is 0 Å². The second-order valence-electron chi connectivity index (χ2n) is 4.92. The van der Waals surface area contributed by atoms with Crippen molar-refractivity contribution in [1.29, 1.82) is 0 Å². The quantitative estimate of drug-likeness (QED) is 0.905. The number of anilines is 2. The molecule has 0 unspecified atom stereocenters. The lowest BCUT2D eigenvalue weighted by Crippen LogP contribution is -2.20. The number of amides is 1. The van der Waals surface area contributed by atoms with E-state index < -0.39 is 10.0 Å². The summed E-state index contributed by atoms with van der Waals surface area (Å²) in [7, 11) is -3.70. The van der Waals surface area contributed by atoms with Crippen molar-refractivity contribution >= 4 is 39.1 Å². The average molecular weight is 334 g/mol. The molecule has 22 heavy (non-hydrogen) atoms. The number of carbonyl (C=O) groups excluding carboxylic acids is 1. The highest BCUT2D eigenvalue weighted by molar-refractivity contribution is 8.00. The summed E-state index contributed by atoms with van der Waals surface area (Å²) >= 11 is 1.40. The van der Waals surface area contributed by atoms with Crippen molar-refractivity contribution in [2.24, 2.45) is 0 Å². The Bertz CT molecular complexity index is 848. The van der Waals surface area contributed by atoms with Crippen LogP contribution in [0.25, 0.3) is 0 Å². The summed E-state index contributed by atoms with van der Waals surface area (Å²) in [6.45, 7) is 1.83. The maximum atomic E-state index is 12.5. The minimum absolute atomic E-state index is 0.123. The Kier molecular flexibility index (Phi) is 3.84. The predicted octanol–water partition coefficient (Wildman–Crippen LogP) is 2.84. The number of fused-ring (bicyclic) bond motifs is 1. The number of carbonyl (C=O) groups is 1. The molecule has 0 radical (unpaired) electrons. The van der Waals surface area contributed by atoms with E-state index in [1.807, 2.05) is 19.1 Å². The predicted molar refractivity (Wildman–Crippen MR) is 87.8 cm³/mol. The first-order valence-electron chi connectivity index (χ1n) is 6.61. The number of sulfonamides is 1. The topological polar surface area (TPSA) is 75.3 Å². The van der Waals surface area contributed by atoms with Gasteiger partial charge in [-0.05, 0) is 36.8 Å². The number of para-hydroxylation sites is 1. The Labute approximate surface area is 133 Å². The molecular weight excluding hydrogens is 320 g/mol. The van der Waals surface area contributed by atoms with Crippen LogP contribution in [0.2, 0.25) is 0 Å². The molecule has 0 bridgehead atoms. The fourth-order valence-electron chi connectivity index (χ4n) is 2.12. The molecule has 2 aromatic rings. The number of hydrogen-bond acceptors (Lipinski definition) is 4. The van der Waals surface area contributed by atoms with E-state index >= 15 is 0 Å². The van der Waals surface area contributed by atoms with Gasteiger partial charge >= 0.3 is 0 Å². The fraction of sp³-hybridized carbons (Fsp3) is 0.133. The van der Waals surface area contributed by atoms with Gasteiger partial charge in [0.05, 0.1) is 22.0 Å². The summed E-state index contributed by atoms with van der Waals surface area (Å²) in [6, 6.07) is 11.9. The average Bonchev–Trinajstić information content (AvgIpc) is 2.48. The normalized spacial score (nSPS) is 14.1. The maximum Gasteiger partial charge on any atom is 0.261 e. The van der Waals surface area contributed by atoms with E-state index in [1.165, 1.54) is 17.8 Å². The van der Waals surface area contributed by atoms with Gasteiger partial charge in [-0.3, -0.25) is 9.52 Å². The summed E-state index contributed by atoms with van der Waals surface area (Å²) in [5.41, 5.74) is 1.92. The summed E-state index contributed by atoms with van der Waals surface area (Å²) in [5, 5.41) is 2.70. The Morgan fingerprint density at radius 3 is 2.73 bits per heavy atom. The third-order valence-electron chi connectivity index (χ3n) is 3.28. The van der Waals surface area contributed by atoms with Crippen LogP contribution in [-0.4, -0.2) is 20.1 Å². The van der Waals surface area contributed by atoms with Gasteiger partial charge in [0.15, 0.2) is 0 Å². The van der Waals surface area contributed by atoms with E-state index in [4.69, 9.17) is 0 Å². The van der Waals surface area contributed by atoms with Gasteiger partial charge < -0.3 is 5.32 Å². The van der Waals surface area contributed by atoms with Crippen molar-refractivity contribution in [1.82, 2.24) is 0 Å². The Morgan fingerprint density at radius 2 is 1.95 bits per heavy atom. The Hall–Kier alpha value is -1.99. The smallest absolute Gasteiger partial charge is 0.261 e. The van der Waals surface area contributed by atoms with Crippen LogP contribution in [0.3, 0.4) is 0 Å². The zero-order valence-corrected chi connectivity index (χ0v) is 13.4. The third-order valence-corrected chi connectivity index (χ3v) is 5.72. The monoisotopic (exact) mass is 334 g/mol. The molecule has 1 aliphatic heterocycles. The Balaban J connectivity index is 1.94. The second-order valence-corrected chi connectivity index (χ2v) is 7.61. The van der Waals surface area contributed by atoms with Gasteiger partial charge in [-0.25, -0.2) is 8.42 Å². The van der Waals surface area contributed by atoms with E-state index in [1.54, 1.807) is 24.3 Å². The molecule has 0 saturated heterocycles. The number of aryl methyl sites for hydroxylation is 1. The molecule has 0 spiro atoms. The fourth-order valence-corrected chi connectivity index (χ4v) is 4.07. The molecule has 0 aromatic heterocycles. The molecule has 0 fully saturated rings. The molecule has 2 N–H and O–H groups in total. The Morgan fingerprint density at radius 1 is 1.18 bits per heavy atom. The van der Waals surface area contributed by atoms with Crippen LogP contribution < -0.4 is 10.0 Å². The standard InChI is InChI=1S/C15H14N2O3S2/c1-10-4-2-3-5-12(10)17-22(19,20)11-6-7-14-13(8-11)16-15(18)9-21-14/h2-8,17H,9H2,1H3,(H,16,18). The number of thioether (sulfide) groups is 1. The lowest BCUT2D eigenvalue weighted by Gasteiger charge is -2.17. The van der Waals surface area contributed by atoms with Gasteiger partial charge in [-0.15, -0.1) is 11.8 Å². The minimum Gasteiger partial charge on any atom is -0.324 e. The van der Waals surface area contributed by atoms with Crippen LogP contribution in [0.1, 0.15) is 5.56 Å². The highest BCUT2D eigenvalue weighted by Crippen LogP contribution is 2.33. The summed E-state index contributed by atoms with van der Waals surface area (Å²) in [4.78, 5) is 12.4. The van der Waals surface area contributed by atoms with Crippen molar-refractivity contribution < 1.29 is 13.2 Å². The van der Waals surface area contributed by atoms with Gasteiger partial charge in [0.1, 0.15) is 0 Å². The van der Waals surface area contributed by atoms with Crippen molar-refractivity contribution in [2.75, 3.05) is 15.8 Å². The van der Waals surface area contributed by atoms with Gasteiger partial charge in [-0.1, -0.05) is 18.2 Å². The van der Waals surface area contributed by atoms with Gasteiger partial charge in [-0.2, -0.15) is 0 Å². The highest BCUT2D eigenvalue weighted by Gasteiger charge is 2.20. The van der Waals surface area contributed by atoms with Gasteiger partial charge in [0.2, 0.25) is 5.91 Å². The zero-order chi connectivity index (χ0) is 15.7. The molecule has 0 aliphatic carbocycles. The van der Waals surface area contributed by atoms with Crippen molar-refractivity contribution in [3.05, 3.63) is 48.0 Å². The highest BCUT2D eigenvalue weighted by atomic mass is 32.2. The minimum atomic E-state index is -3.70.